The summed E-state index contributed by atoms with van der Waals surface area (Å²) in [5.41, 5.74) is 8.66. The number of aryl methyl sites for hydroxylation is 1. The first-order valence-electron chi connectivity index (χ1n) is 6.13. The Kier molecular flexibility index (Phi) is 2.69. The zero-order valence-corrected chi connectivity index (χ0v) is 12.0. The fourth-order valence-electron chi connectivity index (χ4n) is 2.05. The van der Waals surface area contributed by atoms with E-state index in [2.05, 4.69) is 20.6 Å². The van der Waals surface area contributed by atoms with Gasteiger partial charge in [-0.3, -0.25) is 0 Å². The number of hydrogen-bond acceptors (Lipinski definition) is 4. The second kappa shape index (κ2) is 4.15. The molecule has 5 heteroatoms. The molecule has 4 nitrogen and oxygen atoms in total. The van der Waals surface area contributed by atoms with Gasteiger partial charge >= 0.3 is 0 Å². The number of nitrogens with two attached hydrogens (primary N) is 1. The molecule has 0 amide bonds. The van der Waals surface area contributed by atoms with Crippen molar-refractivity contribution >= 4 is 22.4 Å². The van der Waals surface area contributed by atoms with E-state index in [1.807, 2.05) is 44.5 Å². The molecule has 2 N–H and O–H groups in total. The molecule has 0 saturated carbocycles. The molecule has 0 aliphatic heterocycles. The largest absolute Gasteiger partial charge is 0.326 e. The lowest BCUT2D eigenvalue weighted by Gasteiger charge is -2.13. The first-order chi connectivity index (χ1) is 8.97. The molecule has 2 heterocycles. The van der Waals surface area contributed by atoms with Crippen molar-refractivity contribution in [3.63, 3.8) is 0 Å². The molecular formula is C14H16N4S. The maximum atomic E-state index is 6.08. The first-order valence-corrected chi connectivity index (χ1v) is 7.01. The fourth-order valence-corrected chi connectivity index (χ4v) is 2.88. The van der Waals surface area contributed by atoms with Crippen LogP contribution in [-0.4, -0.2) is 14.5 Å². The van der Waals surface area contributed by atoms with E-state index in [0.29, 0.717) is 0 Å². The van der Waals surface area contributed by atoms with Crippen LogP contribution in [0.5, 0.6) is 0 Å². The molecule has 0 atom stereocenters. The predicted octanol–water partition coefficient (Wildman–Crippen LogP) is 2.89. The van der Waals surface area contributed by atoms with Crippen LogP contribution in [0.2, 0.25) is 0 Å². The predicted molar refractivity (Wildman–Crippen MR) is 79.0 cm³/mol. The molecule has 0 radical (unpaired) electrons. The highest BCUT2D eigenvalue weighted by atomic mass is 32.1. The van der Waals surface area contributed by atoms with Crippen molar-refractivity contribution in [1.29, 1.82) is 0 Å². The second-order valence-electron chi connectivity index (χ2n) is 5.24. The molecule has 0 bridgehead atoms. The summed E-state index contributed by atoms with van der Waals surface area (Å²) < 4.78 is 2.07. The Labute approximate surface area is 115 Å². The van der Waals surface area contributed by atoms with Gasteiger partial charge in [0, 0.05) is 12.4 Å². The van der Waals surface area contributed by atoms with Crippen molar-refractivity contribution in [2.45, 2.75) is 19.4 Å². The standard InChI is InChI=1S/C14H16N4S/c1-14(2,15)13-17-10(8-19-13)12-16-9-6-4-5-7-11(9)18(12)3/h4-8H,15H2,1-3H3. The molecule has 98 valence electrons. The Balaban J connectivity index is 2.14. The second-order valence-corrected chi connectivity index (χ2v) is 6.10. The van der Waals surface area contributed by atoms with E-state index in [1.165, 1.54) is 0 Å². The third kappa shape index (κ3) is 2.05. The number of fused-ring (bicyclic) bond motifs is 1. The average Bonchev–Trinajstić information content (AvgIpc) is 2.94. The van der Waals surface area contributed by atoms with Crippen molar-refractivity contribution in [2.75, 3.05) is 0 Å². The van der Waals surface area contributed by atoms with Gasteiger partial charge in [-0.25, -0.2) is 9.97 Å². The number of para-hydroxylation sites is 2. The van der Waals surface area contributed by atoms with E-state index < -0.39 is 5.54 Å². The highest BCUT2D eigenvalue weighted by Gasteiger charge is 2.20. The third-order valence-corrected chi connectivity index (χ3v) is 4.25. The van der Waals surface area contributed by atoms with Crippen LogP contribution in [0.15, 0.2) is 29.6 Å². The Morgan fingerprint density at radius 3 is 2.58 bits per heavy atom. The zero-order chi connectivity index (χ0) is 13.6. The molecule has 0 spiro atoms. The number of rotatable bonds is 2. The number of thiazole rings is 1. The maximum Gasteiger partial charge on any atom is 0.160 e. The molecule has 1 aromatic carbocycles. The van der Waals surface area contributed by atoms with Crippen LogP contribution in [0.3, 0.4) is 0 Å². The van der Waals surface area contributed by atoms with E-state index in [-0.39, 0.29) is 0 Å². The summed E-state index contributed by atoms with van der Waals surface area (Å²) in [4.78, 5) is 9.26. The number of hydrogen-bond donors (Lipinski definition) is 1. The van der Waals surface area contributed by atoms with Gasteiger partial charge in [0.25, 0.3) is 0 Å². The molecule has 0 fully saturated rings. The van der Waals surface area contributed by atoms with Gasteiger partial charge in [0.2, 0.25) is 0 Å². The lowest BCUT2D eigenvalue weighted by Crippen LogP contribution is -2.28. The van der Waals surface area contributed by atoms with Gasteiger partial charge in [0.1, 0.15) is 10.7 Å². The number of benzene rings is 1. The molecule has 0 aliphatic carbocycles. The van der Waals surface area contributed by atoms with Crippen LogP contribution in [0, 0.1) is 0 Å². The van der Waals surface area contributed by atoms with Gasteiger partial charge < -0.3 is 10.3 Å². The first kappa shape index (κ1) is 12.3. The molecule has 0 saturated heterocycles. The number of aromatic nitrogens is 3. The Morgan fingerprint density at radius 2 is 1.95 bits per heavy atom. The molecule has 0 aliphatic rings. The summed E-state index contributed by atoms with van der Waals surface area (Å²) in [5.74, 6) is 0.882. The van der Waals surface area contributed by atoms with Gasteiger partial charge in [-0.05, 0) is 26.0 Å². The Morgan fingerprint density at radius 1 is 1.21 bits per heavy atom. The molecule has 0 unspecified atom stereocenters. The Bertz CT molecular complexity index is 733. The van der Waals surface area contributed by atoms with Crippen molar-refractivity contribution in [3.05, 3.63) is 34.7 Å². The lowest BCUT2D eigenvalue weighted by atomic mass is 10.1. The Hall–Kier alpha value is -1.72. The van der Waals surface area contributed by atoms with Gasteiger partial charge in [0.05, 0.1) is 16.6 Å². The van der Waals surface area contributed by atoms with E-state index in [0.717, 1.165) is 27.6 Å². The van der Waals surface area contributed by atoms with Gasteiger partial charge in [-0.15, -0.1) is 11.3 Å². The van der Waals surface area contributed by atoms with E-state index in [9.17, 15) is 0 Å². The summed E-state index contributed by atoms with van der Waals surface area (Å²) in [6.45, 7) is 3.93. The van der Waals surface area contributed by atoms with Crippen molar-refractivity contribution in [3.8, 4) is 11.5 Å². The average molecular weight is 272 g/mol. The summed E-state index contributed by atoms with van der Waals surface area (Å²) >= 11 is 1.58. The minimum atomic E-state index is -0.409. The van der Waals surface area contributed by atoms with Crippen LogP contribution < -0.4 is 5.73 Å². The quantitative estimate of drug-likeness (QED) is 0.780. The van der Waals surface area contributed by atoms with Crippen LogP contribution in [0.25, 0.3) is 22.6 Å². The highest BCUT2D eigenvalue weighted by Crippen LogP contribution is 2.28. The molecule has 3 aromatic rings. The summed E-state index contributed by atoms with van der Waals surface area (Å²) in [6, 6.07) is 8.09. The fraction of sp³-hybridized carbons (Fsp3) is 0.286. The van der Waals surface area contributed by atoms with E-state index >= 15 is 0 Å². The van der Waals surface area contributed by atoms with Gasteiger partial charge in [-0.2, -0.15) is 0 Å². The van der Waals surface area contributed by atoms with E-state index in [4.69, 9.17) is 5.73 Å². The highest BCUT2D eigenvalue weighted by molar-refractivity contribution is 7.10. The maximum absolute atomic E-state index is 6.08. The summed E-state index contributed by atoms with van der Waals surface area (Å²) in [5, 5.41) is 2.94. The minimum absolute atomic E-state index is 0.409. The van der Waals surface area contributed by atoms with Crippen LogP contribution >= 0.6 is 11.3 Å². The normalized spacial score (nSPS) is 12.2. The van der Waals surface area contributed by atoms with Gasteiger partial charge in [-0.1, -0.05) is 12.1 Å². The topological polar surface area (TPSA) is 56.7 Å². The smallest absolute Gasteiger partial charge is 0.160 e. The van der Waals surface area contributed by atoms with Crippen molar-refractivity contribution < 1.29 is 0 Å². The van der Waals surface area contributed by atoms with Crippen LogP contribution in [-0.2, 0) is 12.6 Å². The molecule has 2 aromatic heterocycles. The SMILES string of the molecule is Cn1c(-c2csc(C(C)(C)N)n2)nc2ccccc21. The lowest BCUT2D eigenvalue weighted by molar-refractivity contribution is 0.550. The minimum Gasteiger partial charge on any atom is -0.326 e. The summed E-state index contributed by atoms with van der Waals surface area (Å²) in [6.07, 6.45) is 0. The van der Waals surface area contributed by atoms with E-state index in [1.54, 1.807) is 11.3 Å². The number of nitrogens with zero attached hydrogens (tertiary/aromatic N) is 3. The molecule has 19 heavy (non-hydrogen) atoms. The zero-order valence-electron chi connectivity index (χ0n) is 11.2. The number of imidazole rings is 1. The van der Waals surface area contributed by atoms with Crippen LogP contribution in [0.4, 0.5) is 0 Å². The third-order valence-electron chi connectivity index (χ3n) is 3.07. The van der Waals surface area contributed by atoms with Crippen molar-refractivity contribution in [1.82, 2.24) is 14.5 Å². The van der Waals surface area contributed by atoms with Crippen molar-refractivity contribution in [2.24, 2.45) is 12.8 Å². The molecular weight excluding hydrogens is 256 g/mol. The van der Waals surface area contributed by atoms with Crippen LogP contribution in [0.1, 0.15) is 18.9 Å². The molecule has 3 rings (SSSR count). The van der Waals surface area contributed by atoms with Gasteiger partial charge in [0.15, 0.2) is 5.82 Å². The monoisotopic (exact) mass is 272 g/mol. The summed E-state index contributed by atoms with van der Waals surface area (Å²) in [7, 11) is 2.01.